The van der Waals surface area contributed by atoms with E-state index in [0.29, 0.717) is 12.1 Å². The number of hydrogen-bond donors (Lipinski definition) is 1. The van der Waals surface area contributed by atoms with Crippen LogP contribution in [0.2, 0.25) is 0 Å². The topological polar surface area (TPSA) is 44.8 Å². The molecule has 0 aromatic carbocycles. The molecule has 0 saturated carbocycles. The molecule has 1 fully saturated rings. The van der Waals surface area contributed by atoms with Crippen LogP contribution in [-0.4, -0.2) is 74.2 Å². The summed E-state index contributed by atoms with van der Waals surface area (Å²) in [6, 6.07) is 1.19. The first-order valence-electron chi connectivity index (χ1n) is 7.55. The first-order valence-corrected chi connectivity index (χ1v) is 7.55. The number of nitrogens with zero attached hydrogens (tertiary/aromatic N) is 2. The van der Waals surface area contributed by atoms with Gasteiger partial charge in [-0.25, -0.2) is 0 Å². The average molecular weight is 285 g/mol. The number of ether oxygens (including phenoxy) is 1. The zero-order chi connectivity index (χ0) is 15.3. The van der Waals surface area contributed by atoms with Gasteiger partial charge >= 0.3 is 5.97 Å². The Hall–Kier alpha value is -0.650. The molecule has 0 spiro atoms. The van der Waals surface area contributed by atoms with Crippen molar-refractivity contribution in [2.45, 2.75) is 51.2 Å². The van der Waals surface area contributed by atoms with E-state index in [1.807, 2.05) is 14.0 Å². The van der Waals surface area contributed by atoms with Crippen LogP contribution in [0.3, 0.4) is 0 Å². The molecule has 0 aromatic heterocycles. The first-order chi connectivity index (χ1) is 9.34. The number of carbonyl (C=O) groups excluding carboxylic acids is 1. The van der Waals surface area contributed by atoms with Gasteiger partial charge in [-0.3, -0.25) is 9.69 Å². The lowest BCUT2D eigenvalue weighted by Crippen LogP contribution is -2.55. The third-order valence-corrected chi connectivity index (χ3v) is 4.77. The summed E-state index contributed by atoms with van der Waals surface area (Å²) in [5.41, 5.74) is -0.571. The molecule has 1 rings (SSSR count). The quantitative estimate of drug-likeness (QED) is 0.736. The van der Waals surface area contributed by atoms with Crippen LogP contribution in [0.5, 0.6) is 0 Å². The molecule has 0 amide bonds. The van der Waals surface area contributed by atoms with E-state index in [1.54, 1.807) is 0 Å². The maximum Gasteiger partial charge on any atom is 0.325 e. The third-order valence-electron chi connectivity index (χ3n) is 4.77. The lowest BCUT2D eigenvalue weighted by atomic mass is 9.95. The number of esters is 1. The van der Waals surface area contributed by atoms with E-state index in [4.69, 9.17) is 4.74 Å². The van der Waals surface area contributed by atoms with Crippen LogP contribution in [0, 0.1) is 0 Å². The molecule has 0 aromatic rings. The largest absolute Gasteiger partial charge is 0.468 e. The highest BCUT2D eigenvalue weighted by Gasteiger charge is 2.32. The molecule has 5 nitrogen and oxygen atoms in total. The van der Waals surface area contributed by atoms with Crippen molar-refractivity contribution < 1.29 is 9.53 Å². The van der Waals surface area contributed by atoms with Crippen molar-refractivity contribution in [2.75, 3.05) is 40.8 Å². The number of piperazine rings is 1. The fourth-order valence-electron chi connectivity index (χ4n) is 2.91. The number of likely N-dealkylation sites (N-methyl/N-ethyl adjacent to an activating group) is 2. The Bertz CT molecular complexity index is 312. The van der Waals surface area contributed by atoms with Crippen molar-refractivity contribution in [3.63, 3.8) is 0 Å². The Balaban J connectivity index is 2.42. The Morgan fingerprint density at radius 1 is 1.35 bits per heavy atom. The summed E-state index contributed by atoms with van der Waals surface area (Å²) >= 11 is 0. The fourth-order valence-corrected chi connectivity index (χ4v) is 2.91. The Kier molecular flexibility index (Phi) is 6.43. The molecule has 3 atom stereocenters. The second kappa shape index (κ2) is 7.38. The van der Waals surface area contributed by atoms with Gasteiger partial charge in [-0.15, -0.1) is 0 Å². The van der Waals surface area contributed by atoms with Gasteiger partial charge in [0.2, 0.25) is 0 Å². The average Bonchev–Trinajstić information content (AvgIpc) is 2.43. The van der Waals surface area contributed by atoms with Gasteiger partial charge in [-0.2, -0.15) is 0 Å². The number of methoxy groups -OCH3 is 1. The SMILES string of the molecule is CNC(C)(CCCN1CC(C)N(C)C(C)C1)C(=O)OC. The molecule has 0 radical (unpaired) electrons. The van der Waals surface area contributed by atoms with Crippen LogP contribution in [0.4, 0.5) is 0 Å². The molecule has 1 aliphatic rings. The minimum Gasteiger partial charge on any atom is -0.468 e. The number of carbonyl (C=O) groups is 1. The molecular formula is C15H31N3O2. The van der Waals surface area contributed by atoms with Gasteiger partial charge in [-0.05, 0) is 54.3 Å². The minimum absolute atomic E-state index is 0.180. The van der Waals surface area contributed by atoms with Gasteiger partial charge in [0.25, 0.3) is 0 Å². The fraction of sp³-hybridized carbons (Fsp3) is 0.933. The standard InChI is InChI=1S/C15H31N3O2/c1-12-10-18(11-13(2)17(12)5)9-7-8-15(3,16-4)14(19)20-6/h12-13,16H,7-11H2,1-6H3. The van der Waals surface area contributed by atoms with Gasteiger partial charge in [0, 0.05) is 25.2 Å². The Morgan fingerprint density at radius 2 is 1.90 bits per heavy atom. The predicted octanol–water partition coefficient (Wildman–Crippen LogP) is 0.942. The van der Waals surface area contributed by atoms with E-state index in [-0.39, 0.29) is 5.97 Å². The van der Waals surface area contributed by atoms with Gasteiger partial charge in [0.05, 0.1) is 7.11 Å². The molecular weight excluding hydrogens is 254 g/mol. The summed E-state index contributed by atoms with van der Waals surface area (Å²) < 4.78 is 4.88. The minimum atomic E-state index is -0.571. The summed E-state index contributed by atoms with van der Waals surface area (Å²) in [5.74, 6) is -0.180. The van der Waals surface area contributed by atoms with Crippen LogP contribution in [-0.2, 0) is 9.53 Å². The number of nitrogens with one attached hydrogen (secondary N) is 1. The van der Waals surface area contributed by atoms with E-state index in [9.17, 15) is 4.79 Å². The summed E-state index contributed by atoms with van der Waals surface area (Å²) in [4.78, 5) is 16.7. The maximum absolute atomic E-state index is 11.8. The van der Waals surface area contributed by atoms with Crippen LogP contribution >= 0.6 is 0 Å². The van der Waals surface area contributed by atoms with E-state index in [1.165, 1.54) is 7.11 Å². The molecule has 20 heavy (non-hydrogen) atoms. The smallest absolute Gasteiger partial charge is 0.325 e. The van der Waals surface area contributed by atoms with Crippen molar-refractivity contribution in [1.82, 2.24) is 15.1 Å². The van der Waals surface area contributed by atoms with Gasteiger partial charge in [0.1, 0.15) is 5.54 Å². The normalized spacial score (nSPS) is 28.1. The van der Waals surface area contributed by atoms with E-state index < -0.39 is 5.54 Å². The van der Waals surface area contributed by atoms with Crippen molar-refractivity contribution in [3.05, 3.63) is 0 Å². The zero-order valence-electron chi connectivity index (χ0n) is 13.9. The van der Waals surface area contributed by atoms with Crippen LogP contribution in [0.15, 0.2) is 0 Å². The van der Waals surface area contributed by atoms with Crippen molar-refractivity contribution in [1.29, 1.82) is 0 Å². The third kappa shape index (κ3) is 4.17. The molecule has 1 heterocycles. The molecule has 0 bridgehead atoms. The molecule has 118 valence electrons. The highest BCUT2D eigenvalue weighted by molar-refractivity contribution is 5.80. The molecule has 1 N–H and O–H groups in total. The maximum atomic E-state index is 11.8. The monoisotopic (exact) mass is 285 g/mol. The van der Waals surface area contributed by atoms with Crippen LogP contribution in [0.25, 0.3) is 0 Å². The first kappa shape index (κ1) is 17.4. The Labute approximate surface area is 123 Å². The van der Waals surface area contributed by atoms with E-state index in [0.717, 1.165) is 32.5 Å². The lowest BCUT2D eigenvalue weighted by Gasteiger charge is -2.42. The van der Waals surface area contributed by atoms with Crippen LogP contribution < -0.4 is 5.32 Å². The Morgan fingerprint density at radius 3 is 2.35 bits per heavy atom. The molecule has 0 aliphatic carbocycles. The van der Waals surface area contributed by atoms with E-state index in [2.05, 4.69) is 36.0 Å². The second-order valence-electron chi connectivity index (χ2n) is 6.30. The highest BCUT2D eigenvalue weighted by Crippen LogP contribution is 2.17. The molecule has 1 saturated heterocycles. The zero-order valence-corrected chi connectivity index (χ0v) is 13.9. The van der Waals surface area contributed by atoms with E-state index >= 15 is 0 Å². The van der Waals surface area contributed by atoms with Gasteiger partial charge < -0.3 is 15.0 Å². The van der Waals surface area contributed by atoms with Crippen LogP contribution in [0.1, 0.15) is 33.6 Å². The number of hydrogen-bond acceptors (Lipinski definition) is 5. The second-order valence-corrected chi connectivity index (χ2v) is 6.30. The van der Waals surface area contributed by atoms with Crippen molar-refractivity contribution in [2.24, 2.45) is 0 Å². The number of rotatable bonds is 6. The highest BCUT2D eigenvalue weighted by atomic mass is 16.5. The summed E-state index contributed by atoms with van der Waals surface area (Å²) in [7, 11) is 5.46. The molecule has 3 unspecified atom stereocenters. The lowest BCUT2D eigenvalue weighted by molar-refractivity contribution is -0.148. The summed E-state index contributed by atoms with van der Waals surface area (Å²) in [6.07, 6.45) is 1.79. The predicted molar refractivity (Wildman–Crippen MR) is 81.8 cm³/mol. The molecule has 1 aliphatic heterocycles. The van der Waals surface area contributed by atoms with Crippen molar-refractivity contribution in [3.8, 4) is 0 Å². The molecule has 5 heteroatoms. The summed E-state index contributed by atoms with van der Waals surface area (Å²) in [6.45, 7) is 9.71. The van der Waals surface area contributed by atoms with Gasteiger partial charge in [-0.1, -0.05) is 0 Å². The van der Waals surface area contributed by atoms with Gasteiger partial charge in [0.15, 0.2) is 0 Å². The summed E-state index contributed by atoms with van der Waals surface area (Å²) in [5, 5.41) is 3.09. The van der Waals surface area contributed by atoms with Crippen molar-refractivity contribution >= 4 is 5.97 Å².